The normalized spacial score (nSPS) is 13.6. The van der Waals surface area contributed by atoms with E-state index in [9.17, 15) is 18.0 Å². The largest absolute Gasteiger partial charge is 0.483 e. The topological polar surface area (TPSA) is 64.4 Å². The van der Waals surface area contributed by atoms with Crippen LogP contribution in [-0.2, 0) is 0 Å². The maximum Gasteiger partial charge on any atom is 0.422 e. The summed E-state index contributed by atoms with van der Waals surface area (Å²) in [4.78, 5) is 16.9. The van der Waals surface area contributed by atoms with Gasteiger partial charge in [0, 0.05) is 5.92 Å². The Bertz CT molecular complexity index is 832. The molecule has 0 radical (unpaired) electrons. The van der Waals surface area contributed by atoms with Gasteiger partial charge in [0.15, 0.2) is 6.61 Å². The van der Waals surface area contributed by atoms with E-state index in [2.05, 4.69) is 28.9 Å². The standard InChI is InChI=1S/C23H31F3N2O3/c1-5-7-9-17(8-6-2)21-12-19(16(4)31-21)22(29)28-15(3)20-11-10-18(13-27-20)30-14-23(24,25)26/h10-13,15,17H,5-9,14H2,1-4H3,(H,28,29). The molecule has 2 unspecified atom stereocenters. The molecule has 0 saturated carbocycles. The molecule has 0 aliphatic heterocycles. The second kappa shape index (κ2) is 11.2. The molecule has 31 heavy (non-hydrogen) atoms. The highest BCUT2D eigenvalue weighted by atomic mass is 19.4. The zero-order chi connectivity index (χ0) is 23.0. The highest BCUT2D eigenvalue weighted by Gasteiger charge is 2.28. The minimum absolute atomic E-state index is 0.0176. The number of pyridine rings is 1. The number of carbonyl (C=O) groups is 1. The maximum absolute atomic E-state index is 12.8. The first kappa shape index (κ1) is 24.8. The van der Waals surface area contributed by atoms with Crippen LogP contribution in [0.15, 0.2) is 28.8 Å². The van der Waals surface area contributed by atoms with Crippen LogP contribution in [0, 0.1) is 6.92 Å². The zero-order valence-electron chi connectivity index (χ0n) is 18.5. The van der Waals surface area contributed by atoms with Gasteiger partial charge in [-0.05, 0) is 44.9 Å². The van der Waals surface area contributed by atoms with Gasteiger partial charge in [-0.15, -0.1) is 0 Å². The minimum Gasteiger partial charge on any atom is -0.483 e. The SMILES string of the molecule is CCCCC(CCC)c1cc(C(=O)NC(C)c2ccc(OCC(F)(F)F)cn2)c(C)o1. The molecule has 0 aromatic carbocycles. The summed E-state index contributed by atoms with van der Waals surface area (Å²) in [6.07, 6.45) is 2.11. The van der Waals surface area contributed by atoms with Crippen molar-refractivity contribution < 1.29 is 27.1 Å². The number of aryl methyl sites for hydroxylation is 1. The van der Waals surface area contributed by atoms with E-state index in [1.807, 2.05) is 6.07 Å². The summed E-state index contributed by atoms with van der Waals surface area (Å²) >= 11 is 0. The Hall–Kier alpha value is -2.51. The number of nitrogens with zero attached hydrogens (tertiary/aromatic N) is 1. The van der Waals surface area contributed by atoms with Gasteiger partial charge in [0.25, 0.3) is 5.91 Å². The van der Waals surface area contributed by atoms with Gasteiger partial charge in [0.2, 0.25) is 0 Å². The predicted octanol–water partition coefficient (Wildman–Crippen LogP) is 6.49. The highest BCUT2D eigenvalue weighted by Crippen LogP contribution is 2.30. The van der Waals surface area contributed by atoms with Crippen LogP contribution in [0.3, 0.4) is 0 Å². The molecule has 0 fully saturated rings. The summed E-state index contributed by atoms with van der Waals surface area (Å²) in [5.74, 6) is 1.46. The fraction of sp³-hybridized carbons (Fsp3) is 0.565. The molecule has 0 aliphatic rings. The lowest BCUT2D eigenvalue weighted by Gasteiger charge is -2.14. The molecule has 172 valence electrons. The Morgan fingerprint density at radius 1 is 1.23 bits per heavy atom. The number of hydrogen-bond acceptors (Lipinski definition) is 4. The van der Waals surface area contributed by atoms with Crippen LogP contribution in [0.1, 0.15) is 92.4 Å². The highest BCUT2D eigenvalue weighted by molar-refractivity contribution is 5.95. The van der Waals surface area contributed by atoms with Crippen molar-refractivity contribution in [2.45, 2.75) is 77.9 Å². The molecule has 2 aromatic rings. The van der Waals surface area contributed by atoms with Crippen LogP contribution in [0.5, 0.6) is 5.75 Å². The first-order chi connectivity index (χ1) is 14.6. The number of nitrogens with one attached hydrogen (secondary N) is 1. The van der Waals surface area contributed by atoms with Crippen LogP contribution in [0.2, 0.25) is 0 Å². The van der Waals surface area contributed by atoms with Gasteiger partial charge in [-0.1, -0.05) is 33.1 Å². The molecular formula is C23H31F3N2O3. The molecule has 0 saturated heterocycles. The van der Waals surface area contributed by atoms with Crippen LogP contribution in [-0.4, -0.2) is 23.7 Å². The molecule has 0 aliphatic carbocycles. The Morgan fingerprint density at radius 2 is 1.97 bits per heavy atom. The van der Waals surface area contributed by atoms with Crippen molar-refractivity contribution in [2.75, 3.05) is 6.61 Å². The Balaban J connectivity index is 2.03. The molecular weight excluding hydrogens is 409 g/mol. The number of aromatic nitrogens is 1. The zero-order valence-corrected chi connectivity index (χ0v) is 18.5. The van der Waals surface area contributed by atoms with Gasteiger partial charge < -0.3 is 14.5 Å². The lowest BCUT2D eigenvalue weighted by molar-refractivity contribution is -0.153. The third-order valence-corrected chi connectivity index (χ3v) is 5.08. The lowest BCUT2D eigenvalue weighted by Crippen LogP contribution is -2.27. The summed E-state index contributed by atoms with van der Waals surface area (Å²) in [7, 11) is 0. The van der Waals surface area contributed by atoms with E-state index in [-0.39, 0.29) is 11.7 Å². The Morgan fingerprint density at radius 3 is 2.55 bits per heavy atom. The van der Waals surface area contributed by atoms with Gasteiger partial charge in [-0.3, -0.25) is 9.78 Å². The van der Waals surface area contributed by atoms with Crippen molar-refractivity contribution in [3.8, 4) is 5.75 Å². The molecule has 8 heteroatoms. The van der Waals surface area contributed by atoms with E-state index >= 15 is 0 Å². The summed E-state index contributed by atoms with van der Waals surface area (Å²) in [6.45, 7) is 6.45. The fourth-order valence-corrected chi connectivity index (χ4v) is 3.41. The van der Waals surface area contributed by atoms with Gasteiger partial charge in [-0.25, -0.2) is 0 Å². The average molecular weight is 441 g/mol. The first-order valence-corrected chi connectivity index (χ1v) is 10.7. The third-order valence-electron chi connectivity index (χ3n) is 5.08. The molecule has 2 atom stereocenters. The summed E-state index contributed by atoms with van der Waals surface area (Å²) in [5, 5.41) is 2.87. The van der Waals surface area contributed by atoms with E-state index in [4.69, 9.17) is 4.42 Å². The van der Waals surface area contributed by atoms with Gasteiger partial charge >= 0.3 is 6.18 Å². The van der Waals surface area contributed by atoms with Gasteiger partial charge in [0.1, 0.15) is 17.3 Å². The molecule has 2 aromatic heterocycles. The third kappa shape index (κ3) is 7.60. The molecule has 5 nitrogen and oxygen atoms in total. The monoisotopic (exact) mass is 440 g/mol. The predicted molar refractivity (Wildman–Crippen MR) is 112 cm³/mol. The summed E-state index contributed by atoms with van der Waals surface area (Å²) in [6, 6.07) is 4.33. The van der Waals surface area contributed by atoms with Crippen molar-refractivity contribution in [1.82, 2.24) is 10.3 Å². The van der Waals surface area contributed by atoms with Gasteiger partial charge in [-0.2, -0.15) is 13.2 Å². The minimum atomic E-state index is -4.41. The van der Waals surface area contributed by atoms with E-state index in [1.165, 1.54) is 18.3 Å². The molecule has 1 amide bonds. The number of amides is 1. The summed E-state index contributed by atoms with van der Waals surface area (Å²) in [5.41, 5.74) is 1.01. The summed E-state index contributed by atoms with van der Waals surface area (Å²) < 4.78 is 47.3. The van der Waals surface area contributed by atoms with Crippen LogP contribution in [0.4, 0.5) is 13.2 Å². The number of ether oxygens (including phenoxy) is 1. The van der Waals surface area contributed by atoms with Crippen molar-refractivity contribution >= 4 is 5.91 Å². The molecule has 0 spiro atoms. The Kier molecular flexibility index (Phi) is 8.95. The first-order valence-electron chi connectivity index (χ1n) is 10.7. The van der Waals surface area contributed by atoms with Crippen LogP contribution < -0.4 is 10.1 Å². The van der Waals surface area contributed by atoms with Crippen molar-refractivity contribution in [3.63, 3.8) is 0 Å². The molecule has 0 bridgehead atoms. The van der Waals surface area contributed by atoms with Gasteiger partial charge in [0.05, 0.1) is 23.5 Å². The fourth-order valence-electron chi connectivity index (χ4n) is 3.41. The quantitative estimate of drug-likeness (QED) is 0.434. The van der Waals surface area contributed by atoms with Crippen molar-refractivity contribution in [1.29, 1.82) is 0 Å². The van der Waals surface area contributed by atoms with E-state index in [0.717, 1.165) is 37.9 Å². The number of halogens is 3. The number of hydrogen-bond donors (Lipinski definition) is 1. The van der Waals surface area contributed by atoms with E-state index < -0.39 is 18.8 Å². The molecule has 1 N–H and O–H groups in total. The maximum atomic E-state index is 12.8. The van der Waals surface area contributed by atoms with E-state index in [0.29, 0.717) is 22.9 Å². The second-order valence-corrected chi connectivity index (χ2v) is 7.76. The van der Waals surface area contributed by atoms with Crippen molar-refractivity contribution in [3.05, 3.63) is 47.2 Å². The number of unbranched alkanes of at least 4 members (excludes halogenated alkanes) is 1. The van der Waals surface area contributed by atoms with Crippen LogP contribution in [0.25, 0.3) is 0 Å². The van der Waals surface area contributed by atoms with E-state index in [1.54, 1.807) is 13.8 Å². The molecule has 2 rings (SSSR count). The van der Waals surface area contributed by atoms with Crippen LogP contribution >= 0.6 is 0 Å². The second-order valence-electron chi connectivity index (χ2n) is 7.76. The average Bonchev–Trinajstić information content (AvgIpc) is 3.11. The van der Waals surface area contributed by atoms with Crippen molar-refractivity contribution in [2.24, 2.45) is 0 Å². The number of furan rings is 1. The number of alkyl halides is 3. The molecule has 2 heterocycles. The Labute approximate surface area is 181 Å². The number of carbonyl (C=O) groups excluding carboxylic acids is 1. The smallest absolute Gasteiger partial charge is 0.422 e. The number of rotatable bonds is 11. The lowest BCUT2D eigenvalue weighted by atomic mass is 9.94.